The number of carbonyl (C=O) groups is 2. The lowest BCUT2D eigenvalue weighted by molar-refractivity contribution is -0.185. The van der Waals surface area contributed by atoms with Crippen LogP contribution >= 0.6 is 0 Å². The monoisotopic (exact) mass is 698 g/mol. The van der Waals surface area contributed by atoms with E-state index in [-0.39, 0.29) is 50.8 Å². The van der Waals surface area contributed by atoms with E-state index in [9.17, 15) is 18.0 Å². The zero-order valence-electron chi connectivity index (χ0n) is 29.6. The molecule has 0 radical (unpaired) electrons. The Morgan fingerprint density at radius 1 is 0.980 bits per heavy atom. The van der Waals surface area contributed by atoms with E-state index in [0.717, 1.165) is 42.4 Å². The van der Waals surface area contributed by atoms with E-state index < -0.39 is 21.2 Å². The summed E-state index contributed by atoms with van der Waals surface area (Å²) >= 11 is 0. The number of nitrogens with zero attached hydrogens (tertiary/aromatic N) is 1. The van der Waals surface area contributed by atoms with Gasteiger partial charge in [-0.3, -0.25) is 9.10 Å². The number of hydrogen-bond acceptors (Lipinski definition) is 9. The van der Waals surface area contributed by atoms with Gasteiger partial charge in [-0.15, -0.1) is 0 Å². The van der Waals surface area contributed by atoms with E-state index in [2.05, 4.69) is 5.32 Å². The van der Waals surface area contributed by atoms with Crippen molar-refractivity contribution in [3.63, 3.8) is 0 Å². The molecule has 0 aliphatic heterocycles. The Labute approximate surface area is 289 Å². The number of esters is 1. The number of amides is 1. The van der Waals surface area contributed by atoms with Gasteiger partial charge >= 0.3 is 5.97 Å². The molecular formula is C37H50N2O9S. The minimum Gasteiger partial charge on any atom is -0.458 e. The molecule has 0 unspecified atom stereocenters. The maximum atomic E-state index is 13.1. The molecule has 49 heavy (non-hydrogen) atoms. The Balaban J connectivity index is 1.22. The molecule has 2 aromatic carbocycles. The van der Waals surface area contributed by atoms with Gasteiger partial charge in [0.15, 0.2) is 5.60 Å². The number of aryl methyl sites for hydroxylation is 1. The number of sulfonamides is 1. The van der Waals surface area contributed by atoms with Crippen LogP contribution in [0.25, 0.3) is 22.3 Å². The highest BCUT2D eigenvalue weighted by Crippen LogP contribution is 2.48. The summed E-state index contributed by atoms with van der Waals surface area (Å²) in [6.07, 6.45) is 6.17. The Morgan fingerprint density at radius 2 is 1.61 bits per heavy atom. The van der Waals surface area contributed by atoms with Gasteiger partial charge in [-0.25, -0.2) is 13.2 Å². The number of fused-ring (bicyclic) bond motifs is 1. The highest BCUT2D eigenvalue weighted by molar-refractivity contribution is 7.92. The van der Waals surface area contributed by atoms with Crippen molar-refractivity contribution in [3.05, 3.63) is 53.1 Å². The van der Waals surface area contributed by atoms with E-state index in [1.54, 1.807) is 13.1 Å². The minimum absolute atomic E-state index is 0.0966. The predicted molar refractivity (Wildman–Crippen MR) is 189 cm³/mol. The van der Waals surface area contributed by atoms with Crippen molar-refractivity contribution >= 4 is 38.6 Å². The first kappa shape index (κ1) is 36.8. The van der Waals surface area contributed by atoms with Gasteiger partial charge in [0.25, 0.3) is 5.91 Å². The van der Waals surface area contributed by atoms with E-state index >= 15 is 0 Å². The topological polar surface area (TPSA) is 134 Å². The van der Waals surface area contributed by atoms with Gasteiger partial charge in [0, 0.05) is 24.1 Å². The number of furan rings is 1. The molecule has 1 heterocycles. The quantitative estimate of drug-likeness (QED) is 0.139. The summed E-state index contributed by atoms with van der Waals surface area (Å²) in [7, 11) is -2.10. The SMILES string of the molecule is CNC(=O)c1c(-c2ccc(C)cc2)oc2cc(N(CCOCCOCCOC3(C(=O)OC(C)(C)C)CCCC3)S(C)(=O)=O)c(C3CC3)cc12. The van der Waals surface area contributed by atoms with Crippen LogP contribution < -0.4 is 9.62 Å². The Morgan fingerprint density at radius 3 is 2.20 bits per heavy atom. The molecule has 11 nitrogen and oxygen atoms in total. The molecule has 268 valence electrons. The number of anilines is 1. The second kappa shape index (κ2) is 15.2. The molecule has 0 bridgehead atoms. The fourth-order valence-electron chi connectivity index (χ4n) is 6.30. The summed E-state index contributed by atoms with van der Waals surface area (Å²) in [6.45, 7) is 8.88. The van der Waals surface area contributed by atoms with Gasteiger partial charge in [-0.2, -0.15) is 0 Å². The first-order valence-electron chi connectivity index (χ1n) is 17.1. The van der Waals surface area contributed by atoms with E-state index in [1.165, 1.54) is 10.6 Å². The molecule has 2 aliphatic rings. The fourth-order valence-corrected chi connectivity index (χ4v) is 7.22. The number of ether oxygens (including phenoxy) is 4. The van der Waals surface area contributed by atoms with Crippen LogP contribution in [0, 0.1) is 6.92 Å². The van der Waals surface area contributed by atoms with Crippen molar-refractivity contribution in [2.24, 2.45) is 0 Å². The van der Waals surface area contributed by atoms with Gasteiger partial charge in [-0.05, 0) is 83.8 Å². The van der Waals surface area contributed by atoms with Crippen molar-refractivity contribution in [2.45, 2.75) is 83.3 Å². The zero-order valence-corrected chi connectivity index (χ0v) is 30.4. The predicted octanol–water partition coefficient (Wildman–Crippen LogP) is 6.12. The zero-order chi connectivity index (χ0) is 35.4. The lowest BCUT2D eigenvalue weighted by Crippen LogP contribution is -2.44. The van der Waals surface area contributed by atoms with Crippen molar-refractivity contribution in [2.75, 3.05) is 57.2 Å². The van der Waals surface area contributed by atoms with Crippen molar-refractivity contribution in [1.82, 2.24) is 5.32 Å². The largest absolute Gasteiger partial charge is 0.458 e. The maximum absolute atomic E-state index is 13.1. The van der Waals surface area contributed by atoms with Crippen LogP contribution in [0.15, 0.2) is 40.8 Å². The van der Waals surface area contributed by atoms with E-state index in [1.807, 2.05) is 58.0 Å². The highest BCUT2D eigenvalue weighted by atomic mass is 32.2. The van der Waals surface area contributed by atoms with Crippen LogP contribution in [-0.2, 0) is 33.8 Å². The molecule has 0 spiro atoms. The summed E-state index contributed by atoms with van der Waals surface area (Å²) in [4.78, 5) is 26.0. The van der Waals surface area contributed by atoms with Crippen LogP contribution in [0.1, 0.15) is 86.7 Å². The first-order valence-corrected chi connectivity index (χ1v) is 19.0. The normalized spacial score (nSPS) is 16.2. The van der Waals surface area contributed by atoms with Gasteiger partial charge < -0.3 is 28.7 Å². The maximum Gasteiger partial charge on any atom is 0.338 e. The van der Waals surface area contributed by atoms with E-state index in [4.69, 9.17) is 23.4 Å². The Bertz CT molecular complexity index is 1730. The first-order chi connectivity index (χ1) is 23.2. The fraction of sp³-hybridized carbons (Fsp3) is 0.568. The second-order valence-corrected chi connectivity index (χ2v) is 16.0. The average molecular weight is 699 g/mol. The van der Waals surface area contributed by atoms with Crippen molar-refractivity contribution in [3.8, 4) is 11.3 Å². The number of carbonyl (C=O) groups excluding carboxylic acids is 2. The molecular weight excluding hydrogens is 648 g/mol. The summed E-state index contributed by atoms with van der Waals surface area (Å²) in [5.74, 6) is 0.0447. The lowest BCUT2D eigenvalue weighted by atomic mass is 10.00. The van der Waals surface area contributed by atoms with Crippen LogP contribution in [0.3, 0.4) is 0 Å². The highest BCUT2D eigenvalue weighted by Gasteiger charge is 2.45. The minimum atomic E-state index is -3.69. The van der Waals surface area contributed by atoms with Crippen LogP contribution in [0.4, 0.5) is 5.69 Å². The van der Waals surface area contributed by atoms with Crippen LogP contribution in [0.2, 0.25) is 0 Å². The Hall–Kier alpha value is -3.45. The molecule has 1 aromatic heterocycles. The van der Waals surface area contributed by atoms with Gasteiger partial charge in [0.2, 0.25) is 10.0 Å². The second-order valence-electron chi connectivity index (χ2n) is 14.0. The van der Waals surface area contributed by atoms with Gasteiger partial charge in [0.1, 0.15) is 16.9 Å². The number of hydrogen-bond donors (Lipinski definition) is 1. The van der Waals surface area contributed by atoms with Crippen LogP contribution in [-0.4, -0.2) is 84.4 Å². The third-order valence-electron chi connectivity index (χ3n) is 8.89. The van der Waals surface area contributed by atoms with Crippen molar-refractivity contribution < 1.29 is 41.4 Å². The average Bonchev–Trinajstić information content (AvgIpc) is 3.64. The molecule has 2 fully saturated rings. The molecule has 5 rings (SSSR count). The molecule has 1 N–H and O–H groups in total. The summed E-state index contributed by atoms with van der Waals surface area (Å²) in [6, 6.07) is 11.4. The molecule has 3 aromatic rings. The third-order valence-corrected chi connectivity index (χ3v) is 10.1. The molecule has 0 saturated heterocycles. The molecule has 12 heteroatoms. The summed E-state index contributed by atoms with van der Waals surface area (Å²) < 4.78 is 57.1. The lowest BCUT2D eigenvalue weighted by Gasteiger charge is -2.31. The smallest absolute Gasteiger partial charge is 0.338 e. The number of rotatable bonds is 16. The number of nitrogens with one attached hydrogen (secondary N) is 1. The molecule has 2 saturated carbocycles. The molecule has 2 aliphatic carbocycles. The number of benzene rings is 2. The van der Waals surface area contributed by atoms with Gasteiger partial charge in [-0.1, -0.05) is 29.8 Å². The summed E-state index contributed by atoms with van der Waals surface area (Å²) in [5.41, 5.74) is 2.62. The van der Waals surface area contributed by atoms with Gasteiger partial charge in [0.05, 0.1) is 57.1 Å². The van der Waals surface area contributed by atoms with Crippen molar-refractivity contribution in [1.29, 1.82) is 0 Å². The summed E-state index contributed by atoms with van der Waals surface area (Å²) in [5, 5.41) is 3.38. The Kier molecular flexibility index (Phi) is 11.4. The molecule has 0 atom stereocenters. The molecule has 1 amide bonds. The standard InChI is InChI=1S/C37H50N2O9S/c1-25-9-11-27(12-10-25)33-32(34(40)38-5)29-23-28(26-13-14-26)30(24-31(29)47-33)39(49(6,42)43)17-18-44-19-20-45-21-22-46-37(15-7-8-16-37)35(41)48-36(2,3)4/h9-12,23-24,26H,7-8,13-22H2,1-6H3,(H,38,40). The van der Waals surface area contributed by atoms with Crippen LogP contribution in [0.5, 0.6) is 0 Å². The third kappa shape index (κ3) is 9.02. The van der Waals surface area contributed by atoms with E-state index in [0.29, 0.717) is 47.4 Å².